The fourth-order valence-electron chi connectivity index (χ4n) is 2.75. The van der Waals surface area contributed by atoms with Gasteiger partial charge in [0.15, 0.2) is 23.2 Å². The zero-order valence-electron chi connectivity index (χ0n) is 18.1. The summed E-state index contributed by atoms with van der Waals surface area (Å²) in [6, 6.07) is 14.7. The maximum Gasteiger partial charge on any atom is 0.363 e. The van der Waals surface area contributed by atoms with E-state index in [4.69, 9.17) is 18.9 Å². The maximum absolute atomic E-state index is 11.3. The summed E-state index contributed by atoms with van der Waals surface area (Å²) in [4.78, 5) is 30.5. The van der Waals surface area contributed by atoms with Gasteiger partial charge in [-0.3, -0.25) is 0 Å². The Kier molecular flexibility index (Phi) is 7.17. The summed E-state index contributed by atoms with van der Waals surface area (Å²) in [5.74, 6) is 1.49. The van der Waals surface area contributed by atoms with Gasteiger partial charge in [0, 0.05) is 13.8 Å². The largest absolute Gasteiger partial charge is 0.497 e. The van der Waals surface area contributed by atoms with E-state index in [0.29, 0.717) is 23.2 Å². The second-order valence-electron chi connectivity index (χ2n) is 6.65. The molecular weight excluding hydrogens is 412 g/mol. The number of cyclic esters (lactones) is 2. The second kappa shape index (κ2) is 10.2. The van der Waals surface area contributed by atoms with Crippen molar-refractivity contribution in [3.8, 4) is 11.5 Å². The lowest BCUT2D eigenvalue weighted by Crippen LogP contribution is -1.99. The van der Waals surface area contributed by atoms with Crippen LogP contribution in [0.1, 0.15) is 25.0 Å². The highest BCUT2D eigenvalue weighted by atomic mass is 16.6. The van der Waals surface area contributed by atoms with Gasteiger partial charge in [-0.25, -0.2) is 19.6 Å². The van der Waals surface area contributed by atoms with Crippen LogP contribution in [0, 0.1) is 0 Å². The Morgan fingerprint density at radius 3 is 1.25 bits per heavy atom. The number of hydrogen-bond acceptors (Lipinski definition) is 8. The van der Waals surface area contributed by atoms with Crippen molar-refractivity contribution >= 4 is 35.9 Å². The summed E-state index contributed by atoms with van der Waals surface area (Å²) in [5, 5.41) is 0. The molecule has 8 nitrogen and oxygen atoms in total. The lowest BCUT2D eigenvalue weighted by molar-refractivity contribution is -0.130. The number of aliphatic imine (C=N–C) groups is 2. The number of nitrogens with zero attached hydrogens (tertiary/aromatic N) is 2. The van der Waals surface area contributed by atoms with Crippen molar-refractivity contribution in [2.24, 2.45) is 9.98 Å². The highest BCUT2D eigenvalue weighted by Gasteiger charge is 2.20. The lowest BCUT2D eigenvalue weighted by atomic mass is 10.2. The predicted octanol–water partition coefficient (Wildman–Crippen LogP) is 4.02. The second-order valence-corrected chi connectivity index (χ2v) is 6.65. The van der Waals surface area contributed by atoms with Gasteiger partial charge in [0.2, 0.25) is 0 Å². The molecule has 0 amide bonds. The monoisotopic (exact) mass is 434 g/mol. The molecule has 0 radical (unpaired) electrons. The minimum Gasteiger partial charge on any atom is -0.497 e. The van der Waals surface area contributed by atoms with E-state index in [9.17, 15) is 9.59 Å². The van der Waals surface area contributed by atoms with Crippen LogP contribution >= 0.6 is 0 Å². The zero-order chi connectivity index (χ0) is 23.1. The average Bonchev–Trinajstić information content (AvgIpc) is 3.28. The molecule has 2 aliphatic heterocycles. The summed E-state index contributed by atoms with van der Waals surface area (Å²) < 4.78 is 19.7. The van der Waals surface area contributed by atoms with Crippen molar-refractivity contribution in [2.75, 3.05) is 14.2 Å². The van der Waals surface area contributed by atoms with Gasteiger partial charge in [-0.1, -0.05) is 24.3 Å². The van der Waals surface area contributed by atoms with Gasteiger partial charge in [0.25, 0.3) is 0 Å². The number of carbonyl (C=O) groups excluding carboxylic acids is 2. The molecule has 164 valence electrons. The van der Waals surface area contributed by atoms with Gasteiger partial charge in [0.1, 0.15) is 11.5 Å². The molecular formula is C24H22N2O6. The van der Waals surface area contributed by atoms with Crippen LogP contribution in [0.2, 0.25) is 0 Å². The van der Waals surface area contributed by atoms with E-state index in [0.717, 1.165) is 22.6 Å². The molecule has 2 aliphatic rings. The summed E-state index contributed by atoms with van der Waals surface area (Å²) >= 11 is 0. The molecule has 0 saturated carbocycles. The number of rotatable bonds is 4. The fraction of sp³-hybridized carbons (Fsp3) is 0.167. The number of carbonyl (C=O) groups is 2. The van der Waals surface area contributed by atoms with Gasteiger partial charge < -0.3 is 18.9 Å². The third kappa shape index (κ3) is 5.91. The van der Waals surface area contributed by atoms with Gasteiger partial charge in [-0.15, -0.1) is 0 Å². The minimum absolute atomic E-state index is 0.322. The average molecular weight is 434 g/mol. The third-order valence-corrected chi connectivity index (χ3v) is 4.29. The van der Waals surface area contributed by atoms with Crippen molar-refractivity contribution in [3.63, 3.8) is 0 Å². The van der Waals surface area contributed by atoms with Gasteiger partial charge in [-0.2, -0.15) is 0 Å². The highest BCUT2D eigenvalue weighted by Crippen LogP contribution is 2.19. The van der Waals surface area contributed by atoms with Gasteiger partial charge >= 0.3 is 11.9 Å². The molecule has 8 heteroatoms. The quantitative estimate of drug-likeness (QED) is 0.533. The first-order valence-corrected chi connectivity index (χ1v) is 9.64. The molecule has 0 aromatic heterocycles. The van der Waals surface area contributed by atoms with E-state index in [1.54, 1.807) is 40.2 Å². The number of benzene rings is 2. The number of esters is 2. The van der Waals surface area contributed by atoms with Crippen molar-refractivity contribution in [3.05, 3.63) is 71.1 Å². The smallest absolute Gasteiger partial charge is 0.363 e. The minimum atomic E-state index is -0.409. The number of hydrogen-bond donors (Lipinski definition) is 0. The van der Waals surface area contributed by atoms with Gasteiger partial charge in [-0.05, 0) is 47.5 Å². The van der Waals surface area contributed by atoms with Crippen LogP contribution in [0.15, 0.2) is 69.9 Å². The molecule has 2 aromatic carbocycles. The predicted molar refractivity (Wildman–Crippen MR) is 120 cm³/mol. The molecule has 0 bridgehead atoms. The zero-order valence-corrected chi connectivity index (χ0v) is 18.1. The standard InChI is InChI=1S/2C12H11NO3/c2*1-8-13-11(12(14)16-8)7-9-3-5-10(15-2)6-4-9/h2*3-7H,1-2H3/b2*11-7-. The SMILES string of the molecule is COc1ccc(/C=C2\N=C(C)OC2=O)cc1.COc1ccc(/C=C2\N=C(C)OC2=O)cc1. The molecule has 4 rings (SSSR count). The van der Waals surface area contributed by atoms with E-state index >= 15 is 0 Å². The van der Waals surface area contributed by atoms with E-state index in [-0.39, 0.29) is 0 Å². The Balaban J connectivity index is 0.000000181. The molecule has 0 unspecified atom stereocenters. The first kappa shape index (κ1) is 22.5. The van der Waals surface area contributed by atoms with Gasteiger partial charge in [0.05, 0.1) is 14.2 Å². The first-order valence-electron chi connectivity index (χ1n) is 9.64. The van der Waals surface area contributed by atoms with Crippen LogP contribution in [0.4, 0.5) is 0 Å². The van der Waals surface area contributed by atoms with E-state index in [1.807, 2.05) is 48.5 Å². The molecule has 0 spiro atoms. The molecule has 0 saturated heterocycles. The summed E-state index contributed by atoms with van der Waals surface area (Å²) in [5.41, 5.74) is 2.41. The fourth-order valence-corrected chi connectivity index (χ4v) is 2.75. The Labute approximate surface area is 185 Å². The van der Waals surface area contributed by atoms with E-state index < -0.39 is 11.9 Å². The number of methoxy groups -OCH3 is 2. The third-order valence-electron chi connectivity index (χ3n) is 4.29. The highest BCUT2D eigenvalue weighted by molar-refractivity contribution is 6.07. The Hall–Kier alpha value is -4.20. The van der Waals surface area contributed by atoms with Crippen LogP contribution in [-0.4, -0.2) is 38.0 Å². The molecule has 0 N–H and O–H groups in total. The lowest BCUT2D eigenvalue weighted by Gasteiger charge is -1.99. The maximum atomic E-state index is 11.3. The van der Waals surface area contributed by atoms with Crippen LogP contribution in [0.5, 0.6) is 11.5 Å². The Morgan fingerprint density at radius 1 is 0.656 bits per heavy atom. The summed E-state index contributed by atoms with van der Waals surface area (Å²) in [6.45, 7) is 3.29. The molecule has 2 aromatic rings. The van der Waals surface area contributed by atoms with Crippen LogP contribution < -0.4 is 9.47 Å². The van der Waals surface area contributed by atoms with Crippen molar-refractivity contribution in [2.45, 2.75) is 13.8 Å². The Morgan fingerprint density at radius 2 is 1.00 bits per heavy atom. The van der Waals surface area contributed by atoms with E-state index in [1.165, 1.54) is 0 Å². The molecule has 0 atom stereocenters. The van der Waals surface area contributed by atoms with Crippen LogP contribution in [-0.2, 0) is 19.1 Å². The topological polar surface area (TPSA) is 95.8 Å². The van der Waals surface area contributed by atoms with Crippen molar-refractivity contribution < 1.29 is 28.5 Å². The van der Waals surface area contributed by atoms with Crippen molar-refractivity contribution in [1.82, 2.24) is 0 Å². The normalized spacial score (nSPS) is 17.2. The molecule has 0 aliphatic carbocycles. The molecule has 0 fully saturated rings. The molecule has 32 heavy (non-hydrogen) atoms. The van der Waals surface area contributed by atoms with E-state index in [2.05, 4.69) is 9.98 Å². The van der Waals surface area contributed by atoms with Crippen LogP contribution in [0.3, 0.4) is 0 Å². The van der Waals surface area contributed by atoms with Crippen molar-refractivity contribution in [1.29, 1.82) is 0 Å². The summed E-state index contributed by atoms with van der Waals surface area (Å²) in [6.07, 6.45) is 3.36. The number of ether oxygens (including phenoxy) is 4. The first-order chi connectivity index (χ1) is 15.4. The molecule has 2 heterocycles. The Bertz CT molecular complexity index is 1030. The summed E-state index contributed by atoms with van der Waals surface area (Å²) in [7, 11) is 3.21. The van der Waals surface area contributed by atoms with Crippen LogP contribution in [0.25, 0.3) is 12.2 Å².